The number of nitrogen functional groups attached to an aromatic ring is 1. The van der Waals surface area contributed by atoms with E-state index in [1.165, 1.54) is 0 Å². The molecule has 0 saturated heterocycles. The van der Waals surface area contributed by atoms with Gasteiger partial charge in [-0.3, -0.25) is 4.79 Å². The van der Waals surface area contributed by atoms with Crippen LogP contribution >= 0.6 is 0 Å². The Balaban J connectivity index is 2.86. The summed E-state index contributed by atoms with van der Waals surface area (Å²) in [4.78, 5) is 13.7. The number of nitrogens with one attached hydrogen (secondary N) is 1. The van der Waals surface area contributed by atoms with E-state index in [-0.39, 0.29) is 12.3 Å². The number of aromatic hydroxyl groups is 1. The van der Waals surface area contributed by atoms with Gasteiger partial charge >= 0.3 is 0 Å². The molecule has 0 aliphatic heterocycles. The van der Waals surface area contributed by atoms with Crippen molar-refractivity contribution in [1.29, 1.82) is 0 Å². The van der Waals surface area contributed by atoms with Gasteiger partial charge in [0.2, 0.25) is 5.75 Å². The van der Waals surface area contributed by atoms with E-state index < -0.39 is 11.3 Å². The van der Waals surface area contributed by atoms with Crippen molar-refractivity contribution >= 4 is 16.6 Å². The molecule has 0 fully saturated rings. The maximum atomic E-state index is 11.2. The molecule has 1 aromatic heterocycles. The van der Waals surface area contributed by atoms with E-state index in [2.05, 4.69) is 4.98 Å². The number of aromatic amines is 1. The van der Waals surface area contributed by atoms with Gasteiger partial charge in [0.05, 0.1) is 17.8 Å². The zero-order valence-electron chi connectivity index (χ0n) is 7.82. The molecule has 2 rings (SSSR count). The molecule has 15 heavy (non-hydrogen) atoms. The highest BCUT2D eigenvalue weighted by Gasteiger charge is 2.08. The Hall–Kier alpha value is -2.01. The Morgan fingerprint density at radius 1 is 1.40 bits per heavy atom. The fourth-order valence-corrected chi connectivity index (χ4v) is 1.46. The molecule has 78 valence electrons. The highest BCUT2D eigenvalue weighted by atomic mass is 16.3. The van der Waals surface area contributed by atoms with E-state index in [1.807, 2.05) is 0 Å². The second kappa shape index (κ2) is 3.29. The van der Waals surface area contributed by atoms with Gasteiger partial charge in [0.15, 0.2) is 0 Å². The van der Waals surface area contributed by atoms with Gasteiger partial charge in [0, 0.05) is 5.39 Å². The maximum Gasteiger partial charge on any atom is 0.292 e. The quantitative estimate of drug-likeness (QED) is 0.539. The van der Waals surface area contributed by atoms with Crippen molar-refractivity contribution in [3.63, 3.8) is 0 Å². The molecule has 0 atom stereocenters. The van der Waals surface area contributed by atoms with Crippen molar-refractivity contribution in [3.05, 3.63) is 34.1 Å². The summed E-state index contributed by atoms with van der Waals surface area (Å²) in [7, 11) is 0. The number of anilines is 1. The average molecular weight is 206 g/mol. The third kappa shape index (κ3) is 1.42. The van der Waals surface area contributed by atoms with Crippen molar-refractivity contribution in [2.24, 2.45) is 0 Å². The number of benzene rings is 1. The van der Waals surface area contributed by atoms with Gasteiger partial charge in [0.25, 0.3) is 5.56 Å². The Bertz CT molecular complexity index is 575. The topological polar surface area (TPSA) is 99.3 Å². The number of aromatic nitrogens is 1. The van der Waals surface area contributed by atoms with Gasteiger partial charge in [-0.2, -0.15) is 0 Å². The van der Waals surface area contributed by atoms with Gasteiger partial charge in [-0.25, -0.2) is 0 Å². The summed E-state index contributed by atoms with van der Waals surface area (Å²) in [5.41, 5.74) is 6.17. The zero-order valence-corrected chi connectivity index (χ0v) is 7.82. The number of hydrogen-bond donors (Lipinski definition) is 4. The lowest BCUT2D eigenvalue weighted by Gasteiger charge is -2.05. The average Bonchev–Trinajstić information content (AvgIpc) is 2.25. The number of hydrogen-bond acceptors (Lipinski definition) is 4. The number of H-pyrrole nitrogens is 1. The normalized spacial score (nSPS) is 10.7. The molecule has 2 aromatic rings. The van der Waals surface area contributed by atoms with E-state index >= 15 is 0 Å². The molecule has 0 spiro atoms. The number of nitrogens with two attached hydrogens (primary N) is 1. The summed E-state index contributed by atoms with van der Waals surface area (Å²) in [5, 5.41) is 18.8. The summed E-state index contributed by atoms with van der Waals surface area (Å²) in [6.07, 6.45) is 0. The molecule has 5 heteroatoms. The number of fused-ring (bicyclic) bond motifs is 1. The van der Waals surface area contributed by atoms with Crippen molar-refractivity contribution in [2.75, 3.05) is 5.73 Å². The van der Waals surface area contributed by atoms with Gasteiger partial charge in [-0.15, -0.1) is 0 Å². The van der Waals surface area contributed by atoms with Crippen LogP contribution in [0.2, 0.25) is 0 Å². The molecule has 0 aliphatic carbocycles. The molecule has 0 radical (unpaired) electrons. The van der Waals surface area contributed by atoms with E-state index in [4.69, 9.17) is 10.8 Å². The fraction of sp³-hybridized carbons (Fsp3) is 0.100. The fourth-order valence-electron chi connectivity index (χ4n) is 1.46. The van der Waals surface area contributed by atoms with E-state index in [1.54, 1.807) is 18.2 Å². The molecule has 1 aromatic carbocycles. The summed E-state index contributed by atoms with van der Waals surface area (Å²) >= 11 is 0. The number of aliphatic hydroxyl groups excluding tert-OH is 1. The van der Waals surface area contributed by atoms with Crippen LogP contribution in [0.3, 0.4) is 0 Å². The molecule has 0 amide bonds. The zero-order chi connectivity index (χ0) is 11.0. The number of rotatable bonds is 1. The Labute approximate surface area is 84.8 Å². The maximum absolute atomic E-state index is 11.2. The summed E-state index contributed by atoms with van der Waals surface area (Å²) in [6, 6.07) is 4.94. The first kappa shape index (κ1) is 9.54. The highest BCUT2D eigenvalue weighted by molar-refractivity contribution is 5.92. The minimum atomic E-state index is -0.630. The van der Waals surface area contributed by atoms with Gasteiger partial charge < -0.3 is 20.9 Å². The van der Waals surface area contributed by atoms with Gasteiger partial charge in [-0.1, -0.05) is 12.1 Å². The van der Waals surface area contributed by atoms with Crippen molar-refractivity contribution < 1.29 is 10.2 Å². The number of aliphatic hydroxyl groups is 1. The van der Waals surface area contributed by atoms with Crippen LogP contribution in [0.25, 0.3) is 10.9 Å². The predicted octanol–water partition coefficient (Wildman–Crippen LogP) is 0.308. The monoisotopic (exact) mass is 206 g/mol. The SMILES string of the molecule is Nc1c(O)c(=O)[nH]c2cc(CO)ccc12. The lowest BCUT2D eigenvalue weighted by Crippen LogP contribution is -2.08. The van der Waals surface area contributed by atoms with E-state index in [0.717, 1.165) is 0 Å². The van der Waals surface area contributed by atoms with Crippen LogP contribution in [-0.4, -0.2) is 15.2 Å². The molecular weight excluding hydrogens is 196 g/mol. The second-order valence-electron chi connectivity index (χ2n) is 3.25. The summed E-state index contributed by atoms with van der Waals surface area (Å²) in [5.74, 6) is -0.473. The molecule has 0 unspecified atom stereocenters. The third-order valence-corrected chi connectivity index (χ3v) is 2.28. The van der Waals surface area contributed by atoms with Gasteiger partial charge in [-0.05, 0) is 11.6 Å². The molecule has 0 bridgehead atoms. The minimum Gasteiger partial charge on any atom is -0.502 e. The van der Waals surface area contributed by atoms with E-state index in [0.29, 0.717) is 16.5 Å². The van der Waals surface area contributed by atoms with Crippen molar-refractivity contribution in [3.8, 4) is 5.75 Å². The lowest BCUT2D eigenvalue weighted by molar-refractivity contribution is 0.282. The van der Waals surface area contributed by atoms with E-state index in [9.17, 15) is 9.90 Å². The van der Waals surface area contributed by atoms with Crippen molar-refractivity contribution in [1.82, 2.24) is 4.98 Å². The first-order valence-corrected chi connectivity index (χ1v) is 4.37. The molecule has 5 N–H and O–H groups in total. The smallest absolute Gasteiger partial charge is 0.292 e. The molecule has 0 saturated carbocycles. The van der Waals surface area contributed by atoms with Gasteiger partial charge in [0.1, 0.15) is 0 Å². The van der Waals surface area contributed by atoms with Crippen LogP contribution in [0.15, 0.2) is 23.0 Å². The molecule has 1 heterocycles. The van der Waals surface area contributed by atoms with Crippen LogP contribution < -0.4 is 11.3 Å². The summed E-state index contributed by atoms with van der Waals surface area (Å²) < 4.78 is 0. The molecule has 0 aliphatic rings. The van der Waals surface area contributed by atoms with Crippen LogP contribution in [0.1, 0.15) is 5.56 Å². The second-order valence-corrected chi connectivity index (χ2v) is 3.25. The molecular formula is C10H10N2O3. The van der Waals surface area contributed by atoms with Crippen LogP contribution in [0.4, 0.5) is 5.69 Å². The van der Waals surface area contributed by atoms with Crippen molar-refractivity contribution in [2.45, 2.75) is 6.61 Å². The highest BCUT2D eigenvalue weighted by Crippen LogP contribution is 2.24. The Kier molecular flexibility index (Phi) is 2.09. The van der Waals surface area contributed by atoms with Crippen LogP contribution in [0.5, 0.6) is 5.75 Å². The Morgan fingerprint density at radius 2 is 2.13 bits per heavy atom. The molecule has 5 nitrogen and oxygen atoms in total. The number of pyridine rings is 1. The lowest BCUT2D eigenvalue weighted by atomic mass is 10.1. The first-order valence-electron chi connectivity index (χ1n) is 4.37. The summed E-state index contributed by atoms with van der Waals surface area (Å²) in [6.45, 7) is -0.112. The minimum absolute atomic E-state index is 0.0539. The largest absolute Gasteiger partial charge is 0.502 e. The standard InChI is InChI=1S/C10H10N2O3/c11-8-6-2-1-5(4-13)3-7(6)12-10(15)9(8)14/h1-3,13-14H,4H2,(H3,11,12,15). The predicted molar refractivity (Wildman–Crippen MR) is 56.6 cm³/mol. The van der Waals surface area contributed by atoms with Crippen LogP contribution in [0, 0.1) is 0 Å². The van der Waals surface area contributed by atoms with Crippen LogP contribution in [-0.2, 0) is 6.61 Å². The Morgan fingerprint density at radius 3 is 2.80 bits per heavy atom. The first-order chi connectivity index (χ1) is 7.13. The third-order valence-electron chi connectivity index (χ3n) is 2.28.